The second-order valence-corrected chi connectivity index (χ2v) is 5.04. The fourth-order valence-corrected chi connectivity index (χ4v) is 1.71. The van der Waals surface area contributed by atoms with Gasteiger partial charge in [-0.1, -0.05) is 0 Å². The predicted molar refractivity (Wildman–Crippen MR) is 80.6 cm³/mol. The van der Waals surface area contributed by atoms with Gasteiger partial charge in [0.25, 0.3) is 0 Å². The number of nitrogens with one attached hydrogen (secondary N) is 2. The number of likely N-dealkylation sites (N-methyl/N-ethyl adjacent to an activating group) is 1. The van der Waals surface area contributed by atoms with Crippen LogP contribution in [0.5, 0.6) is 0 Å². The van der Waals surface area contributed by atoms with Crippen molar-refractivity contribution >= 4 is 11.6 Å². The van der Waals surface area contributed by atoms with E-state index in [4.69, 9.17) is 5.73 Å². The third kappa shape index (κ3) is 6.35. The van der Waals surface area contributed by atoms with Gasteiger partial charge in [0.15, 0.2) is 0 Å². The van der Waals surface area contributed by atoms with Crippen LogP contribution in [-0.2, 0) is 0 Å². The molecule has 0 aliphatic heterocycles. The monoisotopic (exact) mass is 266 g/mol. The first-order valence-corrected chi connectivity index (χ1v) is 6.72. The SMILES string of the molecule is Cc1nc(NCCN(C)C)cc(NC(C)CCN)n1. The number of aryl methyl sites for hydroxylation is 1. The summed E-state index contributed by atoms with van der Waals surface area (Å²) in [5.41, 5.74) is 5.55. The zero-order valence-electron chi connectivity index (χ0n) is 12.4. The largest absolute Gasteiger partial charge is 0.369 e. The number of aromatic nitrogens is 2. The average molecular weight is 266 g/mol. The molecular weight excluding hydrogens is 240 g/mol. The highest BCUT2D eigenvalue weighted by molar-refractivity contribution is 5.47. The van der Waals surface area contributed by atoms with E-state index in [2.05, 4.69) is 32.4 Å². The van der Waals surface area contributed by atoms with Crippen LogP contribution in [0.3, 0.4) is 0 Å². The van der Waals surface area contributed by atoms with Crippen LogP contribution in [0.2, 0.25) is 0 Å². The fraction of sp³-hybridized carbons (Fsp3) is 0.692. The molecule has 0 bridgehead atoms. The zero-order chi connectivity index (χ0) is 14.3. The summed E-state index contributed by atoms with van der Waals surface area (Å²) in [6, 6.07) is 2.25. The molecule has 0 amide bonds. The van der Waals surface area contributed by atoms with Crippen molar-refractivity contribution in [2.24, 2.45) is 5.73 Å². The maximum absolute atomic E-state index is 5.55. The van der Waals surface area contributed by atoms with Gasteiger partial charge in [-0.2, -0.15) is 0 Å². The first-order valence-electron chi connectivity index (χ1n) is 6.72. The van der Waals surface area contributed by atoms with Gasteiger partial charge in [-0.05, 0) is 40.9 Å². The second kappa shape index (κ2) is 7.91. The first kappa shape index (κ1) is 15.7. The molecule has 0 aromatic carbocycles. The Labute approximate surface area is 115 Å². The maximum Gasteiger partial charge on any atom is 0.132 e. The van der Waals surface area contributed by atoms with Gasteiger partial charge in [0.1, 0.15) is 17.5 Å². The lowest BCUT2D eigenvalue weighted by atomic mass is 10.2. The summed E-state index contributed by atoms with van der Waals surface area (Å²) >= 11 is 0. The smallest absolute Gasteiger partial charge is 0.132 e. The van der Waals surface area contributed by atoms with Crippen LogP contribution in [0.4, 0.5) is 11.6 Å². The van der Waals surface area contributed by atoms with Crippen molar-refractivity contribution in [3.05, 3.63) is 11.9 Å². The number of hydrogen-bond acceptors (Lipinski definition) is 6. The molecule has 0 aliphatic carbocycles. The first-order chi connectivity index (χ1) is 9.01. The van der Waals surface area contributed by atoms with Crippen LogP contribution in [-0.4, -0.2) is 54.6 Å². The molecule has 0 fully saturated rings. The Morgan fingerprint density at radius 1 is 1.32 bits per heavy atom. The standard InChI is InChI=1S/C13H26N6/c1-10(5-6-14)16-13-9-12(17-11(2)18-13)15-7-8-19(3)4/h9-10H,5-8,14H2,1-4H3,(H2,15,16,17,18). The summed E-state index contributed by atoms with van der Waals surface area (Å²) < 4.78 is 0. The highest BCUT2D eigenvalue weighted by Gasteiger charge is 2.05. The number of hydrogen-bond donors (Lipinski definition) is 3. The predicted octanol–water partition coefficient (Wildman–Crippen LogP) is 0.908. The van der Waals surface area contributed by atoms with Crippen molar-refractivity contribution in [3.63, 3.8) is 0 Å². The quantitative estimate of drug-likeness (QED) is 0.649. The molecule has 1 unspecified atom stereocenters. The lowest BCUT2D eigenvalue weighted by Crippen LogP contribution is -2.22. The molecule has 1 atom stereocenters. The van der Waals surface area contributed by atoms with Gasteiger partial charge in [-0.25, -0.2) is 9.97 Å². The van der Waals surface area contributed by atoms with Crippen molar-refractivity contribution in [3.8, 4) is 0 Å². The van der Waals surface area contributed by atoms with Gasteiger partial charge in [0, 0.05) is 25.2 Å². The third-order valence-electron chi connectivity index (χ3n) is 2.70. The van der Waals surface area contributed by atoms with Crippen molar-refractivity contribution in [1.82, 2.24) is 14.9 Å². The summed E-state index contributed by atoms with van der Waals surface area (Å²) in [7, 11) is 4.10. The van der Waals surface area contributed by atoms with E-state index in [1.54, 1.807) is 0 Å². The molecule has 4 N–H and O–H groups in total. The molecule has 1 aromatic rings. The number of nitrogens with two attached hydrogens (primary N) is 1. The lowest BCUT2D eigenvalue weighted by molar-refractivity contribution is 0.425. The second-order valence-electron chi connectivity index (χ2n) is 5.04. The van der Waals surface area contributed by atoms with Gasteiger partial charge in [0.2, 0.25) is 0 Å². The van der Waals surface area contributed by atoms with Crippen LogP contribution >= 0.6 is 0 Å². The zero-order valence-corrected chi connectivity index (χ0v) is 12.4. The van der Waals surface area contributed by atoms with Crippen LogP contribution in [0.15, 0.2) is 6.07 Å². The molecule has 0 radical (unpaired) electrons. The molecule has 1 aromatic heterocycles. The Bertz CT molecular complexity index is 379. The number of anilines is 2. The molecule has 6 nitrogen and oxygen atoms in total. The van der Waals surface area contributed by atoms with E-state index < -0.39 is 0 Å². The maximum atomic E-state index is 5.55. The van der Waals surface area contributed by atoms with E-state index in [1.165, 1.54) is 0 Å². The van der Waals surface area contributed by atoms with E-state index in [1.807, 2.05) is 27.1 Å². The molecule has 1 heterocycles. The normalized spacial score (nSPS) is 12.5. The minimum atomic E-state index is 0.314. The van der Waals surface area contributed by atoms with Crippen molar-refractivity contribution in [2.75, 3.05) is 44.4 Å². The molecule has 19 heavy (non-hydrogen) atoms. The Hall–Kier alpha value is -1.40. The van der Waals surface area contributed by atoms with E-state index in [0.29, 0.717) is 12.6 Å². The molecule has 0 spiro atoms. The van der Waals surface area contributed by atoms with Crippen LogP contribution < -0.4 is 16.4 Å². The van der Waals surface area contributed by atoms with Crippen molar-refractivity contribution in [2.45, 2.75) is 26.3 Å². The minimum absolute atomic E-state index is 0.314. The Kier molecular flexibility index (Phi) is 6.52. The van der Waals surface area contributed by atoms with E-state index in [9.17, 15) is 0 Å². The van der Waals surface area contributed by atoms with Crippen molar-refractivity contribution in [1.29, 1.82) is 0 Å². The topological polar surface area (TPSA) is 79.1 Å². The molecular formula is C13H26N6. The van der Waals surface area contributed by atoms with Gasteiger partial charge >= 0.3 is 0 Å². The average Bonchev–Trinajstić information content (AvgIpc) is 2.27. The highest BCUT2D eigenvalue weighted by Crippen LogP contribution is 2.12. The summed E-state index contributed by atoms with van der Waals surface area (Å²) in [6.45, 7) is 6.50. The summed E-state index contributed by atoms with van der Waals surface area (Å²) in [5.74, 6) is 2.47. The summed E-state index contributed by atoms with van der Waals surface area (Å²) in [5, 5.41) is 6.65. The van der Waals surface area contributed by atoms with Gasteiger partial charge in [-0.3, -0.25) is 0 Å². The fourth-order valence-electron chi connectivity index (χ4n) is 1.71. The number of nitrogens with zero attached hydrogens (tertiary/aromatic N) is 3. The highest BCUT2D eigenvalue weighted by atomic mass is 15.1. The van der Waals surface area contributed by atoms with Gasteiger partial charge in [-0.15, -0.1) is 0 Å². The third-order valence-corrected chi connectivity index (χ3v) is 2.70. The summed E-state index contributed by atoms with van der Waals surface area (Å²) in [6.07, 6.45) is 0.923. The Balaban J connectivity index is 2.60. The van der Waals surface area contributed by atoms with Crippen LogP contribution in [0.1, 0.15) is 19.2 Å². The number of rotatable bonds is 8. The molecule has 108 valence electrons. The molecule has 6 heteroatoms. The molecule has 0 saturated carbocycles. The van der Waals surface area contributed by atoms with E-state index >= 15 is 0 Å². The lowest BCUT2D eigenvalue weighted by Gasteiger charge is -2.15. The molecule has 0 saturated heterocycles. The Morgan fingerprint density at radius 2 is 2.00 bits per heavy atom. The molecule has 0 aliphatic rings. The Morgan fingerprint density at radius 3 is 2.63 bits per heavy atom. The summed E-state index contributed by atoms with van der Waals surface area (Å²) in [4.78, 5) is 10.9. The van der Waals surface area contributed by atoms with Gasteiger partial charge in [0.05, 0.1) is 0 Å². The molecule has 1 rings (SSSR count). The van der Waals surface area contributed by atoms with Crippen LogP contribution in [0.25, 0.3) is 0 Å². The van der Waals surface area contributed by atoms with E-state index in [-0.39, 0.29) is 0 Å². The van der Waals surface area contributed by atoms with E-state index in [0.717, 1.165) is 37.0 Å². The minimum Gasteiger partial charge on any atom is -0.369 e. The van der Waals surface area contributed by atoms with Gasteiger partial charge < -0.3 is 21.3 Å². The van der Waals surface area contributed by atoms with Crippen molar-refractivity contribution < 1.29 is 0 Å². The van der Waals surface area contributed by atoms with Crippen LogP contribution in [0, 0.1) is 6.92 Å².